The molecule has 1 unspecified atom stereocenters. The number of hydrogen-bond donors (Lipinski definition) is 1. The summed E-state index contributed by atoms with van der Waals surface area (Å²) < 4.78 is 0. The standard InChI is InChI=1S/C17H37N3/c1-6-11-18-14-17(4,7-2)15-19(5)16-9-12-20(8-3)13-10-16/h16,18H,6-15H2,1-5H3. The third-order valence-corrected chi connectivity index (χ3v) is 5.09. The third kappa shape index (κ3) is 5.71. The van der Waals surface area contributed by atoms with Gasteiger partial charge in [0.15, 0.2) is 0 Å². The molecule has 1 aliphatic heterocycles. The lowest BCUT2D eigenvalue weighted by molar-refractivity contribution is 0.0906. The average molecular weight is 284 g/mol. The zero-order chi connectivity index (χ0) is 15.0. The molecule has 1 aliphatic rings. The fourth-order valence-electron chi connectivity index (χ4n) is 3.27. The highest BCUT2D eigenvalue weighted by molar-refractivity contribution is 4.84. The van der Waals surface area contributed by atoms with Gasteiger partial charge in [0.05, 0.1) is 0 Å². The van der Waals surface area contributed by atoms with E-state index >= 15 is 0 Å². The lowest BCUT2D eigenvalue weighted by Gasteiger charge is -2.41. The molecule has 1 heterocycles. The van der Waals surface area contributed by atoms with Crippen LogP contribution in [-0.2, 0) is 0 Å². The molecule has 1 fully saturated rings. The Morgan fingerprint density at radius 3 is 2.35 bits per heavy atom. The van der Waals surface area contributed by atoms with E-state index < -0.39 is 0 Å². The number of likely N-dealkylation sites (tertiary alicyclic amines) is 1. The molecule has 1 atom stereocenters. The van der Waals surface area contributed by atoms with Crippen molar-refractivity contribution in [1.82, 2.24) is 15.1 Å². The van der Waals surface area contributed by atoms with Gasteiger partial charge in [-0.25, -0.2) is 0 Å². The number of hydrogen-bond acceptors (Lipinski definition) is 3. The van der Waals surface area contributed by atoms with Gasteiger partial charge in [0.2, 0.25) is 0 Å². The first-order chi connectivity index (χ1) is 9.54. The van der Waals surface area contributed by atoms with Crippen molar-refractivity contribution in [2.75, 3.05) is 46.3 Å². The van der Waals surface area contributed by atoms with E-state index in [2.05, 4.69) is 49.9 Å². The van der Waals surface area contributed by atoms with Gasteiger partial charge in [0, 0.05) is 19.1 Å². The Hall–Kier alpha value is -0.120. The summed E-state index contributed by atoms with van der Waals surface area (Å²) in [6.07, 6.45) is 5.16. The molecule has 0 aliphatic carbocycles. The highest BCUT2D eigenvalue weighted by atomic mass is 15.2. The van der Waals surface area contributed by atoms with Crippen LogP contribution in [0.5, 0.6) is 0 Å². The average Bonchev–Trinajstić information content (AvgIpc) is 2.47. The summed E-state index contributed by atoms with van der Waals surface area (Å²) in [7, 11) is 2.33. The van der Waals surface area contributed by atoms with Gasteiger partial charge in [-0.15, -0.1) is 0 Å². The molecule has 3 heteroatoms. The Kier molecular flexibility index (Phi) is 8.08. The second kappa shape index (κ2) is 9.01. The molecule has 0 aromatic carbocycles. The number of rotatable bonds is 9. The largest absolute Gasteiger partial charge is 0.316 e. The highest BCUT2D eigenvalue weighted by Crippen LogP contribution is 2.24. The van der Waals surface area contributed by atoms with Crippen molar-refractivity contribution in [3.05, 3.63) is 0 Å². The first-order valence-corrected chi connectivity index (χ1v) is 8.68. The molecular weight excluding hydrogens is 246 g/mol. The van der Waals surface area contributed by atoms with E-state index in [0.717, 1.165) is 19.1 Å². The molecule has 0 saturated carbocycles. The summed E-state index contributed by atoms with van der Waals surface area (Å²) >= 11 is 0. The van der Waals surface area contributed by atoms with Gasteiger partial charge in [-0.05, 0) is 64.3 Å². The van der Waals surface area contributed by atoms with Crippen LogP contribution >= 0.6 is 0 Å². The quantitative estimate of drug-likeness (QED) is 0.657. The monoisotopic (exact) mass is 283 g/mol. The second-order valence-corrected chi connectivity index (χ2v) is 6.92. The van der Waals surface area contributed by atoms with Crippen LogP contribution in [0.2, 0.25) is 0 Å². The van der Waals surface area contributed by atoms with Gasteiger partial charge in [-0.3, -0.25) is 0 Å². The van der Waals surface area contributed by atoms with E-state index in [1.165, 1.54) is 51.9 Å². The van der Waals surface area contributed by atoms with E-state index in [4.69, 9.17) is 0 Å². The third-order valence-electron chi connectivity index (χ3n) is 5.09. The lowest BCUT2D eigenvalue weighted by Crippen LogP contribution is -2.48. The molecule has 1 N–H and O–H groups in total. The van der Waals surface area contributed by atoms with Gasteiger partial charge in [0.25, 0.3) is 0 Å². The predicted octanol–water partition coefficient (Wildman–Crippen LogP) is 2.82. The predicted molar refractivity (Wildman–Crippen MR) is 89.3 cm³/mol. The van der Waals surface area contributed by atoms with Gasteiger partial charge in [-0.2, -0.15) is 0 Å². The summed E-state index contributed by atoms with van der Waals surface area (Å²) in [4.78, 5) is 5.20. The van der Waals surface area contributed by atoms with Crippen LogP contribution in [0.3, 0.4) is 0 Å². The van der Waals surface area contributed by atoms with Crippen molar-refractivity contribution >= 4 is 0 Å². The number of nitrogens with zero attached hydrogens (tertiary/aromatic N) is 2. The Morgan fingerprint density at radius 2 is 1.85 bits per heavy atom. The SMILES string of the molecule is CCCNCC(C)(CC)CN(C)C1CCN(CC)CC1. The minimum Gasteiger partial charge on any atom is -0.316 e. The molecule has 0 aromatic rings. The Bertz CT molecular complexity index is 249. The van der Waals surface area contributed by atoms with E-state index in [1.807, 2.05) is 0 Å². The van der Waals surface area contributed by atoms with Crippen LogP contribution in [0.25, 0.3) is 0 Å². The van der Waals surface area contributed by atoms with Crippen LogP contribution in [0.4, 0.5) is 0 Å². The Balaban J connectivity index is 2.40. The lowest BCUT2D eigenvalue weighted by atomic mass is 9.86. The maximum absolute atomic E-state index is 3.62. The van der Waals surface area contributed by atoms with Crippen molar-refractivity contribution in [1.29, 1.82) is 0 Å². The maximum atomic E-state index is 3.62. The molecular formula is C17H37N3. The van der Waals surface area contributed by atoms with Crippen molar-refractivity contribution < 1.29 is 0 Å². The van der Waals surface area contributed by atoms with Crippen molar-refractivity contribution in [3.63, 3.8) is 0 Å². The molecule has 0 spiro atoms. The smallest absolute Gasteiger partial charge is 0.0117 e. The van der Waals surface area contributed by atoms with E-state index in [-0.39, 0.29) is 0 Å². The van der Waals surface area contributed by atoms with Crippen molar-refractivity contribution in [3.8, 4) is 0 Å². The van der Waals surface area contributed by atoms with Crippen LogP contribution in [0.15, 0.2) is 0 Å². The molecule has 0 radical (unpaired) electrons. The van der Waals surface area contributed by atoms with Crippen LogP contribution in [0.1, 0.15) is 53.4 Å². The van der Waals surface area contributed by atoms with Gasteiger partial charge in [0.1, 0.15) is 0 Å². The first kappa shape index (κ1) is 17.9. The summed E-state index contributed by atoms with van der Waals surface area (Å²) in [5.41, 5.74) is 0.409. The molecule has 0 aromatic heterocycles. The second-order valence-electron chi connectivity index (χ2n) is 6.92. The highest BCUT2D eigenvalue weighted by Gasteiger charge is 2.28. The summed E-state index contributed by atoms with van der Waals surface area (Å²) in [5.74, 6) is 0. The van der Waals surface area contributed by atoms with Crippen molar-refractivity contribution in [2.45, 2.75) is 59.4 Å². The fourth-order valence-corrected chi connectivity index (χ4v) is 3.27. The Labute approximate surface area is 127 Å². The summed E-state index contributed by atoms with van der Waals surface area (Å²) in [5, 5.41) is 3.62. The number of piperidine rings is 1. The summed E-state index contributed by atoms with van der Waals surface area (Å²) in [6.45, 7) is 16.6. The Morgan fingerprint density at radius 1 is 1.20 bits per heavy atom. The molecule has 0 amide bonds. The topological polar surface area (TPSA) is 18.5 Å². The first-order valence-electron chi connectivity index (χ1n) is 8.68. The maximum Gasteiger partial charge on any atom is 0.0117 e. The molecule has 120 valence electrons. The van der Waals surface area contributed by atoms with Crippen LogP contribution in [-0.4, -0.2) is 62.2 Å². The minimum absolute atomic E-state index is 0.409. The van der Waals surface area contributed by atoms with E-state index in [9.17, 15) is 0 Å². The van der Waals surface area contributed by atoms with Gasteiger partial charge < -0.3 is 15.1 Å². The molecule has 20 heavy (non-hydrogen) atoms. The van der Waals surface area contributed by atoms with Crippen LogP contribution < -0.4 is 5.32 Å². The van der Waals surface area contributed by atoms with Gasteiger partial charge >= 0.3 is 0 Å². The van der Waals surface area contributed by atoms with Crippen molar-refractivity contribution in [2.24, 2.45) is 5.41 Å². The van der Waals surface area contributed by atoms with Gasteiger partial charge in [-0.1, -0.05) is 27.7 Å². The van der Waals surface area contributed by atoms with E-state index in [1.54, 1.807) is 0 Å². The van der Waals surface area contributed by atoms with Crippen LogP contribution in [0, 0.1) is 5.41 Å². The molecule has 1 rings (SSSR count). The molecule has 3 nitrogen and oxygen atoms in total. The summed E-state index contributed by atoms with van der Waals surface area (Å²) in [6, 6.07) is 0.787. The fraction of sp³-hybridized carbons (Fsp3) is 1.00. The zero-order valence-electron chi connectivity index (χ0n) is 14.5. The number of nitrogens with one attached hydrogen (secondary N) is 1. The normalized spacial score (nSPS) is 21.3. The minimum atomic E-state index is 0.409. The molecule has 1 saturated heterocycles. The zero-order valence-corrected chi connectivity index (χ0v) is 14.5. The van der Waals surface area contributed by atoms with E-state index in [0.29, 0.717) is 5.41 Å². The molecule has 0 bridgehead atoms.